The first-order valence-corrected chi connectivity index (χ1v) is 18.0. The molecule has 254 valence electrons. The molecule has 0 aliphatic carbocycles. The second kappa shape index (κ2) is 12.4. The second-order valence-electron chi connectivity index (χ2n) is 13.8. The molecule has 0 unspecified atom stereocenters. The number of hydrogen-bond acceptors (Lipinski definition) is 4. The van der Waals surface area contributed by atoms with Crippen molar-refractivity contribution in [3.8, 4) is 51.6 Å². The molecule has 0 fully saturated rings. The molecule has 0 bridgehead atoms. The zero-order valence-corrected chi connectivity index (χ0v) is 29.7. The average Bonchev–Trinajstić information content (AvgIpc) is 3.72. The third-order valence-corrected chi connectivity index (χ3v) is 10.3. The maximum atomic E-state index is 11.0. The van der Waals surface area contributed by atoms with Crippen LogP contribution in [0.4, 0.5) is 0 Å². The van der Waals surface area contributed by atoms with Crippen molar-refractivity contribution >= 4 is 43.6 Å². The summed E-state index contributed by atoms with van der Waals surface area (Å²) in [4.78, 5) is 15.3. The van der Waals surface area contributed by atoms with E-state index in [1.807, 2.05) is 66.7 Å². The lowest BCUT2D eigenvalue weighted by atomic mass is 10.0. The van der Waals surface area contributed by atoms with Gasteiger partial charge in [-0.2, -0.15) is 5.26 Å². The molecule has 0 aliphatic rings. The number of aromatic nitrogens is 5. The number of rotatable bonds is 5. The molecule has 6 nitrogen and oxygen atoms in total. The molecule has 6 heteroatoms. The van der Waals surface area contributed by atoms with Crippen LogP contribution in [0.1, 0.15) is 16.7 Å². The van der Waals surface area contributed by atoms with Gasteiger partial charge in [0.25, 0.3) is 0 Å². The molecule has 0 N–H and O–H groups in total. The highest BCUT2D eigenvalue weighted by Gasteiger charge is 2.24. The Balaban J connectivity index is 1.36. The van der Waals surface area contributed by atoms with Crippen LogP contribution < -0.4 is 0 Å². The molecule has 0 atom stereocenters. The summed E-state index contributed by atoms with van der Waals surface area (Å²) in [6, 6.07) is 56.7. The van der Waals surface area contributed by atoms with Crippen LogP contribution in [0.25, 0.3) is 89.2 Å². The first kappa shape index (κ1) is 31.4. The Morgan fingerprint density at radius 2 is 0.870 bits per heavy atom. The molecule has 3 heterocycles. The van der Waals surface area contributed by atoms with Gasteiger partial charge in [-0.3, -0.25) is 0 Å². The lowest BCUT2D eigenvalue weighted by Gasteiger charge is -2.19. The molecular formula is C48H32N6. The van der Waals surface area contributed by atoms with Crippen LogP contribution in [0.3, 0.4) is 0 Å². The van der Waals surface area contributed by atoms with E-state index in [-0.39, 0.29) is 0 Å². The van der Waals surface area contributed by atoms with E-state index in [0.29, 0.717) is 23.0 Å². The maximum absolute atomic E-state index is 11.0. The predicted molar refractivity (Wildman–Crippen MR) is 219 cm³/mol. The zero-order chi connectivity index (χ0) is 36.3. The summed E-state index contributed by atoms with van der Waals surface area (Å²) < 4.78 is 4.53. The van der Waals surface area contributed by atoms with Crippen molar-refractivity contribution < 1.29 is 0 Å². The van der Waals surface area contributed by atoms with E-state index in [9.17, 15) is 5.26 Å². The summed E-state index contributed by atoms with van der Waals surface area (Å²) in [5.74, 6) is 1.60. The van der Waals surface area contributed by atoms with Gasteiger partial charge in [-0.15, -0.1) is 0 Å². The molecule has 0 spiro atoms. The van der Waals surface area contributed by atoms with E-state index in [2.05, 4.69) is 120 Å². The van der Waals surface area contributed by atoms with Gasteiger partial charge < -0.3 is 9.13 Å². The van der Waals surface area contributed by atoms with E-state index < -0.39 is 0 Å². The van der Waals surface area contributed by atoms with Gasteiger partial charge in [-0.1, -0.05) is 120 Å². The van der Waals surface area contributed by atoms with E-state index >= 15 is 0 Å². The van der Waals surface area contributed by atoms with Crippen LogP contribution in [0.2, 0.25) is 0 Å². The van der Waals surface area contributed by atoms with Gasteiger partial charge in [0.2, 0.25) is 0 Å². The minimum absolute atomic E-state index is 0.483. The summed E-state index contributed by atoms with van der Waals surface area (Å²) in [7, 11) is 0. The standard InChI is InChI=1S/C48H32N6/c1-30-21-23-42-37(25-30)35-17-9-11-19-40(35)53(42)44-28-45(54-41-20-12-10-18-36(41)38-26-31(2)22-24-43(38)54)39(27-34(44)29-49)48-51-46(32-13-5-3-6-14-32)50-47(52-48)33-15-7-4-8-16-33/h3-28H,1-2H3. The monoisotopic (exact) mass is 692 g/mol. The second-order valence-corrected chi connectivity index (χ2v) is 13.8. The number of hydrogen-bond donors (Lipinski definition) is 0. The van der Waals surface area contributed by atoms with Gasteiger partial charge in [0.15, 0.2) is 17.5 Å². The van der Waals surface area contributed by atoms with Gasteiger partial charge >= 0.3 is 0 Å². The van der Waals surface area contributed by atoms with Crippen molar-refractivity contribution in [2.75, 3.05) is 0 Å². The van der Waals surface area contributed by atoms with Gasteiger partial charge in [0.05, 0.1) is 39.0 Å². The van der Waals surface area contributed by atoms with Crippen molar-refractivity contribution in [2.45, 2.75) is 13.8 Å². The Kier molecular flexibility index (Phi) is 7.21. The minimum atomic E-state index is 0.483. The Labute approximate surface area is 311 Å². The first-order chi connectivity index (χ1) is 26.6. The summed E-state index contributed by atoms with van der Waals surface area (Å²) in [6.07, 6.45) is 0. The SMILES string of the molecule is Cc1ccc2c(c1)c1ccccc1n2-c1cc(-n2c3ccccc3c3cc(C)ccc32)c(-c2nc(-c3ccccc3)nc(-c3ccccc3)n2)cc1C#N. The number of para-hydroxylation sites is 2. The average molecular weight is 693 g/mol. The Morgan fingerprint density at radius 3 is 1.39 bits per heavy atom. The summed E-state index contributed by atoms with van der Waals surface area (Å²) in [5.41, 5.74) is 11.2. The Bertz CT molecular complexity index is 3070. The third-order valence-electron chi connectivity index (χ3n) is 10.3. The van der Waals surface area contributed by atoms with Crippen LogP contribution in [-0.2, 0) is 0 Å². The van der Waals surface area contributed by atoms with Crippen LogP contribution in [0.15, 0.2) is 158 Å². The molecular weight excluding hydrogens is 661 g/mol. The van der Waals surface area contributed by atoms with Crippen molar-refractivity contribution in [1.29, 1.82) is 5.26 Å². The van der Waals surface area contributed by atoms with E-state index in [1.54, 1.807) is 0 Å². The number of fused-ring (bicyclic) bond motifs is 6. The zero-order valence-electron chi connectivity index (χ0n) is 29.7. The Hall–Kier alpha value is -7.36. The lowest BCUT2D eigenvalue weighted by Crippen LogP contribution is -2.07. The van der Waals surface area contributed by atoms with E-state index in [1.165, 1.54) is 11.1 Å². The highest BCUT2D eigenvalue weighted by atomic mass is 15.1. The summed E-state index contributed by atoms with van der Waals surface area (Å²) in [5, 5.41) is 15.6. The van der Waals surface area contributed by atoms with Crippen molar-refractivity contribution in [1.82, 2.24) is 24.1 Å². The van der Waals surface area contributed by atoms with Gasteiger partial charge in [-0.25, -0.2) is 15.0 Å². The predicted octanol–water partition coefficient (Wildman–Crippen LogP) is 11.6. The number of aryl methyl sites for hydroxylation is 2. The molecule has 0 saturated heterocycles. The molecule has 0 aliphatic heterocycles. The molecule has 3 aromatic heterocycles. The van der Waals surface area contributed by atoms with Crippen LogP contribution in [0, 0.1) is 25.2 Å². The molecule has 10 aromatic rings. The highest BCUT2D eigenvalue weighted by molar-refractivity contribution is 6.11. The van der Waals surface area contributed by atoms with Gasteiger partial charge in [0, 0.05) is 38.2 Å². The molecule has 0 amide bonds. The van der Waals surface area contributed by atoms with Gasteiger partial charge in [0.1, 0.15) is 6.07 Å². The number of nitriles is 1. The Morgan fingerprint density at radius 1 is 0.426 bits per heavy atom. The van der Waals surface area contributed by atoms with Crippen molar-refractivity contribution in [3.63, 3.8) is 0 Å². The number of benzene rings is 7. The van der Waals surface area contributed by atoms with Gasteiger partial charge in [-0.05, 0) is 62.4 Å². The smallest absolute Gasteiger partial charge is 0.166 e. The highest BCUT2D eigenvalue weighted by Crippen LogP contribution is 2.41. The van der Waals surface area contributed by atoms with Crippen molar-refractivity contribution in [2.24, 2.45) is 0 Å². The summed E-state index contributed by atoms with van der Waals surface area (Å²) in [6.45, 7) is 4.24. The molecule has 0 saturated carbocycles. The van der Waals surface area contributed by atoms with Crippen LogP contribution in [-0.4, -0.2) is 24.1 Å². The quantitative estimate of drug-likeness (QED) is 0.180. The molecule has 54 heavy (non-hydrogen) atoms. The normalized spacial score (nSPS) is 11.5. The topological polar surface area (TPSA) is 72.3 Å². The minimum Gasteiger partial charge on any atom is -0.308 e. The molecule has 0 radical (unpaired) electrons. The molecule has 7 aromatic carbocycles. The maximum Gasteiger partial charge on any atom is 0.166 e. The fraction of sp³-hybridized carbons (Fsp3) is 0.0417. The fourth-order valence-electron chi connectivity index (χ4n) is 7.84. The van der Waals surface area contributed by atoms with Crippen LogP contribution >= 0.6 is 0 Å². The fourth-order valence-corrected chi connectivity index (χ4v) is 7.84. The third kappa shape index (κ3) is 4.98. The van der Waals surface area contributed by atoms with Crippen LogP contribution in [0.5, 0.6) is 0 Å². The summed E-state index contributed by atoms with van der Waals surface area (Å²) >= 11 is 0. The lowest BCUT2D eigenvalue weighted by molar-refractivity contribution is 1.06. The van der Waals surface area contributed by atoms with E-state index in [4.69, 9.17) is 15.0 Å². The first-order valence-electron chi connectivity index (χ1n) is 18.0. The van der Waals surface area contributed by atoms with Crippen molar-refractivity contribution in [3.05, 3.63) is 174 Å². The van der Waals surface area contributed by atoms with E-state index in [0.717, 1.165) is 71.7 Å². The molecule has 10 rings (SSSR count). The number of nitrogens with zero attached hydrogens (tertiary/aromatic N) is 6. The largest absolute Gasteiger partial charge is 0.308 e.